The normalized spacial score (nSPS) is 23.0. The zero-order valence-electron chi connectivity index (χ0n) is 8.77. The first-order chi connectivity index (χ1) is 5.49. The Balaban J connectivity index is 2.31. The highest BCUT2D eigenvalue weighted by Crippen LogP contribution is 2.32. The Morgan fingerprint density at radius 2 is 1.75 bits per heavy atom. The highest BCUT2D eigenvalue weighted by molar-refractivity contribution is 4.81. The summed E-state index contributed by atoms with van der Waals surface area (Å²) in [6, 6.07) is 0.451. The van der Waals surface area contributed by atoms with E-state index in [0.717, 1.165) is 5.92 Å². The van der Waals surface area contributed by atoms with Crippen LogP contribution in [-0.2, 0) is 0 Å². The number of hydrogen-bond donors (Lipinski definition) is 1. The summed E-state index contributed by atoms with van der Waals surface area (Å²) in [5.74, 6) is 0.823. The third-order valence-electron chi connectivity index (χ3n) is 2.85. The van der Waals surface area contributed by atoms with Gasteiger partial charge in [0.05, 0.1) is 0 Å². The van der Waals surface area contributed by atoms with E-state index >= 15 is 0 Å². The minimum atomic E-state index is 0.405. The first-order valence-corrected chi connectivity index (χ1v) is 5.24. The molecule has 1 aliphatic carbocycles. The van der Waals surface area contributed by atoms with E-state index in [1.54, 1.807) is 0 Å². The van der Waals surface area contributed by atoms with Gasteiger partial charge in [-0.1, -0.05) is 33.6 Å². The highest BCUT2D eigenvalue weighted by atomic mass is 14.7. The van der Waals surface area contributed by atoms with Crippen molar-refractivity contribution in [2.45, 2.75) is 58.9 Å². The Hall–Kier alpha value is -0.0400. The summed E-state index contributed by atoms with van der Waals surface area (Å²) < 4.78 is 0. The average molecular weight is 169 g/mol. The van der Waals surface area contributed by atoms with Crippen LogP contribution in [0.4, 0.5) is 0 Å². The van der Waals surface area contributed by atoms with Crippen LogP contribution in [0.3, 0.4) is 0 Å². The van der Waals surface area contributed by atoms with Gasteiger partial charge in [-0.05, 0) is 30.6 Å². The molecule has 1 atom stereocenters. The van der Waals surface area contributed by atoms with E-state index in [0.29, 0.717) is 11.5 Å². The van der Waals surface area contributed by atoms with Crippen molar-refractivity contribution in [2.24, 2.45) is 17.1 Å². The number of nitrogens with two attached hydrogens (primary N) is 1. The summed E-state index contributed by atoms with van der Waals surface area (Å²) in [6.07, 6.45) is 6.73. The molecule has 0 aromatic carbocycles. The standard InChI is InChI=1S/C11H23N/c1-11(2,3)8-10(12)9-6-4-5-7-9/h9-10H,4-8,12H2,1-3H3. The third-order valence-corrected chi connectivity index (χ3v) is 2.85. The second-order valence-corrected chi connectivity index (χ2v) is 5.47. The van der Waals surface area contributed by atoms with Crippen LogP contribution < -0.4 is 5.73 Å². The van der Waals surface area contributed by atoms with E-state index in [2.05, 4.69) is 20.8 Å². The Morgan fingerprint density at radius 1 is 1.25 bits per heavy atom. The quantitative estimate of drug-likeness (QED) is 0.675. The van der Waals surface area contributed by atoms with Crippen molar-refractivity contribution >= 4 is 0 Å². The zero-order valence-corrected chi connectivity index (χ0v) is 8.77. The summed E-state index contributed by atoms with van der Waals surface area (Å²) >= 11 is 0. The van der Waals surface area contributed by atoms with Gasteiger partial charge in [0.25, 0.3) is 0 Å². The lowest BCUT2D eigenvalue weighted by atomic mass is 9.83. The average Bonchev–Trinajstić information content (AvgIpc) is 2.32. The fraction of sp³-hybridized carbons (Fsp3) is 1.00. The zero-order chi connectivity index (χ0) is 9.19. The molecular formula is C11H23N. The molecule has 0 aromatic heterocycles. The minimum Gasteiger partial charge on any atom is -0.327 e. The van der Waals surface area contributed by atoms with E-state index in [-0.39, 0.29) is 0 Å². The van der Waals surface area contributed by atoms with Crippen molar-refractivity contribution in [3.8, 4) is 0 Å². The lowest BCUT2D eigenvalue weighted by Gasteiger charge is -2.27. The first-order valence-electron chi connectivity index (χ1n) is 5.24. The van der Waals surface area contributed by atoms with Crippen LogP contribution in [0.25, 0.3) is 0 Å². The van der Waals surface area contributed by atoms with Crippen molar-refractivity contribution in [3.63, 3.8) is 0 Å². The SMILES string of the molecule is CC(C)(C)CC(N)C1CCCC1. The maximum Gasteiger partial charge on any atom is 0.00721 e. The van der Waals surface area contributed by atoms with Gasteiger partial charge in [0, 0.05) is 6.04 Å². The van der Waals surface area contributed by atoms with Crippen LogP contribution in [0, 0.1) is 11.3 Å². The highest BCUT2D eigenvalue weighted by Gasteiger charge is 2.25. The van der Waals surface area contributed by atoms with E-state index in [9.17, 15) is 0 Å². The molecule has 0 spiro atoms. The van der Waals surface area contributed by atoms with Crippen molar-refractivity contribution in [3.05, 3.63) is 0 Å². The molecule has 0 radical (unpaired) electrons. The molecule has 72 valence electrons. The summed E-state index contributed by atoms with van der Waals surface area (Å²) in [6.45, 7) is 6.84. The van der Waals surface area contributed by atoms with E-state index in [1.165, 1.54) is 32.1 Å². The summed E-state index contributed by atoms with van der Waals surface area (Å²) in [5.41, 5.74) is 6.57. The largest absolute Gasteiger partial charge is 0.327 e. The Labute approximate surface area is 76.7 Å². The first kappa shape index (κ1) is 10.0. The molecule has 12 heavy (non-hydrogen) atoms. The van der Waals surface area contributed by atoms with E-state index in [1.807, 2.05) is 0 Å². The van der Waals surface area contributed by atoms with Gasteiger partial charge in [-0.3, -0.25) is 0 Å². The lowest BCUT2D eigenvalue weighted by Crippen LogP contribution is -2.32. The molecule has 0 amide bonds. The van der Waals surface area contributed by atoms with Crippen molar-refractivity contribution < 1.29 is 0 Å². The lowest BCUT2D eigenvalue weighted by molar-refractivity contribution is 0.285. The second-order valence-electron chi connectivity index (χ2n) is 5.47. The van der Waals surface area contributed by atoms with Gasteiger partial charge in [0.2, 0.25) is 0 Å². The van der Waals surface area contributed by atoms with E-state index in [4.69, 9.17) is 5.73 Å². The maximum atomic E-state index is 6.17. The second kappa shape index (κ2) is 3.78. The number of rotatable bonds is 2. The van der Waals surface area contributed by atoms with Crippen LogP contribution in [0.5, 0.6) is 0 Å². The Kier molecular flexibility index (Phi) is 3.16. The molecule has 1 unspecified atom stereocenters. The van der Waals surface area contributed by atoms with Crippen molar-refractivity contribution in [1.29, 1.82) is 0 Å². The summed E-state index contributed by atoms with van der Waals surface area (Å²) in [7, 11) is 0. The third kappa shape index (κ3) is 3.14. The molecule has 0 saturated heterocycles. The molecule has 1 fully saturated rings. The predicted octanol–water partition coefficient (Wildman–Crippen LogP) is 2.94. The smallest absolute Gasteiger partial charge is 0.00721 e. The molecule has 0 bridgehead atoms. The van der Waals surface area contributed by atoms with Crippen LogP contribution in [-0.4, -0.2) is 6.04 Å². The fourth-order valence-electron chi connectivity index (χ4n) is 2.26. The molecule has 2 N–H and O–H groups in total. The van der Waals surface area contributed by atoms with Gasteiger partial charge in [0.15, 0.2) is 0 Å². The molecule has 0 aromatic rings. The number of hydrogen-bond acceptors (Lipinski definition) is 1. The maximum absolute atomic E-state index is 6.17. The van der Waals surface area contributed by atoms with Crippen LogP contribution in [0.15, 0.2) is 0 Å². The molecule has 0 aliphatic heterocycles. The molecule has 1 rings (SSSR count). The van der Waals surface area contributed by atoms with Gasteiger partial charge in [-0.25, -0.2) is 0 Å². The van der Waals surface area contributed by atoms with Crippen molar-refractivity contribution in [2.75, 3.05) is 0 Å². The Bertz CT molecular complexity index is 128. The summed E-state index contributed by atoms with van der Waals surface area (Å²) in [5, 5.41) is 0. The van der Waals surface area contributed by atoms with Gasteiger partial charge in [-0.2, -0.15) is 0 Å². The topological polar surface area (TPSA) is 26.0 Å². The van der Waals surface area contributed by atoms with E-state index < -0.39 is 0 Å². The van der Waals surface area contributed by atoms with Crippen LogP contribution in [0.1, 0.15) is 52.9 Å². The summed E-state index contributed by atoms with van der Waals surface area (Å²) in [4.78, 5) is 0. The van der Waals surface area contributed by atoms with Gasteiger partial charge in [-0.15, -0.1) is 0 Å². The molecule has 0 heterocycles. The van der Waals surface area contributed by atoms with Gasteiger partial charge >= 0.3 is 0 Å². The monoisotopic (exact) mass is 169 g/mol. The van der Waals surface area contributed by atoms with Crippen LogP contribution >= 0.6 is 0 Å². The Morgan fingerprint density at radius 3 is 2.17 bits per heavy atom. The van der Waals surface area contributed by atoms with Gasteiger partial charge in [0.1, 0.15) is 0 Å². The van der Waals surface area contributed by atoms with Crippen molar-refractivity contribution in [1.82, 2.24) is 0 Å². The molecule has 1 saturated carbocycles. The molecular weight excluding hydrogens is 146 g/mol. The van der Waals surface area contributed by atoms with Crippen LogP contribution in [0.2, 0.25) is 0 Å². The molecule has 1 aliphatic rings. The molecule has 1 nitrogen and oxygen atoms in total. The van der Waals surface area contributed by atoms with Gasteiger partial charge < -0.3 is 5.73 Å². The minimum absolute atomic E-state index is 0.405. The molecule has 1 heteroatoms. The predicted molar refractivity (Wildman–Crippen MR) is 54.0 cm³/mol. The fourth-order valence-corrected chi connectivity index (χ4v) is 2.26.